The Morgan fingerprint density at radius 2 is 1.90 bits per heavy atom. The summed E-state index contributed by atoms with van der Waals surface area (Å²) in [7, 11) is -3.08. The summed E-state index contributed by atoms with van der Waals surface area (Å²) in [5.41, 5.74) is -0.617. The first-order valence-electron chi connectivity index (χ1n) is 6.56. The number of benzene rings is 1. The van der Waals surface area contributed by atoms with Crippen molar-refractivity contribution < 1.29 is 13.2 Å². The number of nitriles is 1. The van der Waals surface area contributed by atoms with E-state index in [0.29, 0.717) is 12.0 Å². The fourth-order valence-electron chi connectivity index (χ4n) is 2.15. The van der Waals surface area contributed by atoms with E-state index in [1.165, 1.54) is 6.92 Å². The van der Waals surface area contributed by atoms with Crippen LogP contribution in [-0.2, 0) is 20.0 Å². The van der Waals surface area contributed by atoms with Gasteiger partial charge in [0.05, 0.1) is 11.8 Å². The number of carbonyl (C=O) groups excluding carboxylic acids is 1. The second kappa shape index (κ2) is 6.67. The molecule has 0 aliphatic heterocycles. The second-order valence-corrected chi connectivity index (χ2v) is 7.25. The van der Waals surface area contributed by atoms with Gasteiger partial charge in [-0.1, -0.05) is 37.3 Å². The van der Waals surface area contributed by atoms with Crippen molar-refractivity contribution in [2.75, 3.05) is 11.5 Å². The normalized spacial score (nSPS) is 14.2. The highest BCUT2D eigenvalue weighted by atomic mass is 32.2. The minimum Gasteiger partial charge on any atom is -0.298 e. The van der Waals surface area contributed by atoms with Crippen molar-refractivity contribution in [3.05, 3.63) is 35.9 Å². The smallest absolute Gasteiger partial charge is 0.154 e. The fraction of sp³-hybridized carbons (Fsp3) is 0.467. The van der Waals surface area contributed by atoms with Crippen molar-refractivity contribution in [1.82, 2.24) is 0 Å². The van der Waals surface area contributed by atoms with E-state index >= 15 is 0 Å². The summed E-state index contributed by atoms with van der Waals surface area (Å²) in [5, 5.41) is 9.47. The lowest BCUT2D eigenvalue weighted by Gasteiger charge is -2.24. The summed E-state index contributed by atoms with van der Waals surface area (Å²) in [5.74, 6) is -0.162. The van der Waals surface area contributed by atoms with Crippen LogP contribution in [0.1, 0.15) is 32.3 Å². The monoisotopic (exact) mass is 293 g/mol. The van der Waals surface area contributed by atoms with E-state index in [4.69, 9.17) is 0 Å². The molecule has 0 saturated heterocycles. The van der Waals surface area contributed by atoms with Gasteiger partial charge < -0.3 is 0 Å². The van der Waals surface area contributed by atoms with Crippen LogP contribution in [0.2, 0.25) is 0 Å². The van der Waals surface area contributed by atoms with Crippen LogP contribution in [0.5, 0.6) is 0 Å². The predicted octanol–water partition coefficient (Wildman–Crippen LogP) is 2.25. The average molecular weight is 293 g/mol. The molecule has 0 aliphatic rings. The maximum Gasteiger partial charge on any atom is 0.154 e. The molecule has 5 heteroatoms. The van der Waals surface area contributed by atoms with Crippen LogP contribution in [0, 0.1) is 11.3 Å². The standard InChI is InChI=1S/C15H19NO3S/c1-3-20(18,19)11-7-10-15(12-16,13(2)17)14-8-5-4-6-9-14/h4-6,8-9H,3,7,10-11H2,1-2H3. The van der Waals surface area contributed by atoms with Gasteiger partial charge in [-0.05, 0) is 25.3 Å². The fourth-order valence-corrected chi connectivity index (χ4v) is 3.02. The lowest BCUT2D eigenvalue weighted by molar-refractivity contribution is -0.120. The van der Waals surface area contributed by atoms with Crippen molar-refractivity contribution >= 4 is 15.6 Å². The molecule has 0 radical (unpaired) electrons. The SMILES string of the molecule is CCS(=O)(=O)CCCC(C#N)(C(C)=O)c1ccccc1. The third-order valence-electron chi connectivity index (χ3n) is 3.51. The number of carbonyl (C=O) groups is 1. The van der Waals surface area contributed by atoms with Gasteiger partial charge in [-0.2, -0.15) is 5.26 Å². The molecule has 4 nitrogen and oxygen atoms in total. The van der Waals surface area contributed by atoms with E-state index in [1.807, 2.05) is 6.07 Å². The predicted molar refractivity (Wildman–Crippen MR) is 78.0 cm³/mol. The molecular weight excluding hydrogens is 274 g/mol. The van der Waals surface area contributed by atoms with Crippen molar-refractivity contribution in [1.29, 1.82) is 5.26 Å². The molecule has 0 fully saturated rings. The van der Waals surface area contributed by atoms with Gasteiger partial charge in [0, 0.05) is 5.75 Å². The van der Waals surface area contributed by atoms with E-state index in [0.717, 1.165) is 0 Å². The Labute approximate surface area is 120 Å². The second-order valence-electron chi connectivity index (χ2n) is 4.78. The van der Waals surface area contributed by atoms with Gasteiger partial charge in [-0.25, -0.2) is 8.42 Å². The van der Waals surface area contributed by atoms with Gasteiger partial charge in [0.1, 0.15) is 15.3 Å². The van der Waals surface area contributed by atoms with Crippen LogP contribution in [0.25, 0.3) is 0 Å². The zero-order chi connectivity index (χ0) is 15.2. The van der Waals surface area contributed by atoms with Crippen LogP contribution in [0.3, 0.4) is 0 Å². The van der Waals surface area contributed by atoms with Gasteiger partial charge in [-0.3, -0.25) is 4.79 Å². The molecule has 0 amide bonds. The average Bonchev–Trinajstić information content (AvgIpc) is 2.44. The van der Waals surface area contributed by atoms with Crippen LogP contribution in [-0.4, -0.2) is 25.7 Å². The lowest BCUT2D eigenvalue weighted by Crippen LogP contribution is -2.33. The van der Waals surface area contributed by atoms with Crippen LogP contribution < -0.4 is 0 Å². The summed E-state index contributed by atoms with van der Waals surface area (Å²) in [4.78, 5) is 12.0. The quantitative estimate of drug-likeness (QED) is 0.772. The molecule has 1 rings (SSSR count). The maximum atomic E-state index is 12.0. The molecule has 20 heavy (non-hydrogen) atoms. The molecule has 0 bridgehead atoms. The summed E-state index contributed by atoms with van der Waals surface area (Å²) >= 11 is 0. The van der Waals surface area contributed by atoms with Gasteiger partial charge in [0.2, 0.25) is 0 Å². The van der Waals surface area contributed by atoms with Gasteiger partial charge in [-0.15, -0.1) is 0 Å². The number of nitrogens with zero attached hydrogens (tertiary/aromatic N) is 1. The van der Waals surface area contributed by atoms with Crippen LogP contribution >= 0.6 is 0 Å². The Morgan fingerprint density at radius 3 is 2.35 bits per heavy atom. The van der Waals surface area contributed by atoms with Crippen molar-refractivity contribution in [3.8, 4) is 6.07 Å². The summed E-state index contributed by atoms with van der Waals surface area (Å²) in [6.07, 6.45) is 0.528. The summed E-state index contributed by atoms with van der Waals surface area (Å²) in [6, 6.07) is 10.9. The number of rotatable bonds is 7. The molecule has 1 aromatic carbocycles. The van der Waals surface area contributed by atoms with E-state index in [9.17, 15) is 18.5 Å². The molecule has 1 unspecified atom stereocenters. The number of hydrogen-bond donors (Lipinski definition) is 0. The topological polar surface area (TPSA) is 75.0 Å². The first-order chi connectivity index (χ1) is 9.38. The molecule has 0 heterocycles. The summed E-state index contributed by atoms with van der Waals surface area (Å²) < 4.78 is 23.0. The Balaban J connectivity index is 2.98. The first-order valence-corrected chi connectivity index (χ1v) is 8.38. The minimum atomic E-state index is -3.08. The highest BCUT2D eigenvalue weighted by Gasteiger charge is 2.37. The van der Waals surface area contributed by atoms with Crippen molar-refractivity contribution in [3.63, 3.8) is 0 Å². The highest BCUT2D eigenvalue weighted by molar-refractivity contribution is 7.91. The summed E-state index contributed by atoms with van der Waals surface area (Å²) in [6.45, 7) is 2.97. The van der Waals surface area contributed by atoms with Gasteiger partial charge >= 0.3 is 0 Å². The molecule has 1 atom stereocenters. The molecule has 108 valence electrons. The van der Waals surface area contributed by atoms with E-state index in [-0.39, 0.29) is 23.7 Å². The van der Waals surface area contributed by atoms with Gasteiger partial charge in [0.15, 0.2) is 5.78 Å². The Bertz CT molecular complexity index is 602. The third kappa shape index (κ3) is 3.67. The molecule has 0 spiro atoms. The van der Waals surface area contributed by atoms with Crippen molar-refractivity contribution in [2.24, 2.45) is 0 Å². The zero-order valence-electron chi connectivity index (χ0n) is 11.8. The molecule has 0 aromatic heterocycles. The van der Waals surface area contributed by atoms with E-state index in [1.54, 1.807) is 31.2 Å². The lowest BCUT2D eigenvalue weighted by atomic mass is 9.75. The first kappa shape index (κ1) is 16.4. The number of hydrogen-bond acceptors (Lipinski definition) is 4. The Hall–Kier alpha value is -1.67. The van der Waals surface area contributed by atoms with E-state index < -0.39 is 15.3 Å². The Morgan fingerprint density at radius 1 is 1.30 bits per heavy atom. The Kier molecular flexibility index (Phi) is 5.46. The van der Waals surface area contributed by atoms with Crippen LogP contribution in [0.4, 0.5) is 0 Å². The molecule has 1 aromatic rings. The largest absolute Gasteiger partial charge is 0.298 e. The number of sulfone groups is 1. The maximum absolute atomic E-state index is 12.0. The highest BCUT2D eigenvalue weighted by Crippen LogP contribution is 2.30. The number of Topliss-reactive ketones (excluding diaryl/α,β-unsaturated/α-hetero) is 1. The third-order valence-corrected chi connectivity index (χ3v) is 5.30. The van der Waals surface area contributed by atoms with Crippen LogP contribution in [0.15, 0.2) is 30.3 Å². The zero-order valence-corrected chi connectivity index (χ0v) is 12.6. The van der Waals surface area contributed by atoms with E-state index in [2.05, 4.69) is 6.07 Å². The molecule has 0 N–H and O–H groups in total. The molecule has 0 saturated carbocycles. The molecule has 0 aliphatic carbocycles. The molecular formula is C15H19NO3S. The minimum absolute atomic E-state index is 0.00699. The van der Waals surface area contributed by atoms with Crippen molar-refractivity contribution in [2.45, 2.75) is 32.1 Å². The number of ketones is 1. The van der Waals surface area contributed by atoms with Gasteiger partial charge in [0.25, 0.3) is 0 Å².